The van der Waals surface area contributed by atoms with Crippen molar-refractivity contribution in [2.75, 3.05) is 13.1 Å². The molecule has 1 spiro atoms. The van der Waals surface area contributed by atoms with E-state index >= 15 is 0 Å². The minimum atomic E-state index is 0.462. The molecule has 4 heteroatoms. The Morgan fingerprint density at radius 2 is 2.03 bits per heavy atom. The standard InChI is InChI=1S/C26H38N4/c1-17(2)24-16-29-18(3)30(24)22-13-21-9-11-26(21)23(14-22)25(26)28-12-10-20(15-27)19-7-5-4-6-8-19/h4-8,16-17,20-23,25,28H,9-15,27H2,1-3H3. The van der Waals surface area contributed by atoms with E-state index in [1.165, 1.54) is 42.8 Å². The quantitative estimate of drug-likeness (QED) is 0.664. The number of imidazole rings is 1. The average Bonchev–Trinajstić information content (AvgIpc) is 3.24. The summed E-state index contributed by atoms with van der Waals surface area (Å²) < 4.78 is 2.59. The fourth-order valence-corrected chi connectivity index (χ4v) is 7.01. The lowest BCUT2D eigenvalue weighted by Crippen LogP contribution is -2.39. The molecule has 3 fully saturated rings. The molecule has 3 saturated carbocycles. The SMILES string of the molecule is Cc1ncc(C(C)C)n1C1CC2CCC23C(C1)C3NCCC(CN)c1ccccc1. The van der Waals surface area contributed by atoms with Gasteiger partial charge in [0.1, 0.15) is 5.82 Å². The number of hydrogen-bond donors (Lipinski definition) is 2. The smallest absolute Gasteiger partial charge is 0.105 e. The zero-order valence-corrected chi connectivity index (χ0v) is 18.8. The molecule has 2 aromatic rings. The number of hydrogen-bond acceptors (Lipinski definition) is 3. The Morgan fingerprint density at radius 1 is 1.23 bits per heavy atom. The Balaban J connectivity index is 1.23. The maximum atomic E-state index is 6.10. The Bertz CT molecular complexity index is 872. The first-order valence-corrected chi connectivity index (χ1v) is 12.1. The zero-order chi connectivity index (χ0) is 20.9. The number of aromatic nitrogens is 2. The van der Waals surface area contributed by atoms with Crippen LogP contribution >= 0.6 is 0 Å². The topological polar surface area (TPSA) is 55.9 Å². The van der Waals surface area contributed by atoms with E-state index in [2.05, 4.69) is 72.2 Å². The van der Waals surface area contributed by atoms with Gasteiger partial charge in [-0.15, -0.1) is 0 Å². The van der Waals surface area contributed by atoms with Crippen molar-refractivity contribution in [1.82, 2.24) is 14.9 Å². The van der Waals surface area contributed by atoms with Crippen LogP contribution in [0.15, 0.2) is 36.5 Å². The maximum Gasteiger partial charge on any atom is 0.105 e. The van der Waals surface area contributed by atoms with Crippen LogP contribution < -0.4 is 11.1 Å². The van der Waals surface area contributed by atoms with Gasteiger partial charge in [-0.25, -0.2) is 4.98 Å². The molecule has 1 heterocycles. The molecule has 0 saturated heterocycles. The molecule has 0 radical (unpaired) electrons. The van der Waals surface area contributed by atoms with E-state index in [0.717, 1.165) is 37.4 Å². The van der Waals surface area contributed by atoms with Gasteiger partial charge in [0.2, 0.25) is 0 Å². The summed E-state index contributed by atoms with van der Waals surface area (Å²) in [7, 11) is 0. The van der Waals surface area contributed by atoms with Crippen molar-refractivity contribution in [1.29, 1.82) is 0 Å². The third-order valence-corrected chi connectivity index (χ3v) is 8.71. The van der Waals surface area contributed by atoms with Gasteiger partial charge in [-0.3, -0.25) is 0 Å². The number of nitrogens with one attached hydrogen (secondary N) is 1. The van der Waals surface area contributed by atoms with Crippen LogP contribution in [0.1, 0.15) is 80.9 Å². The van der Waals surface area contributed by atoms with Crippen LogP contribution in [0, 0.1) is 24.2 Å². The molecule has 162 valence electrons. The molecule has 4 nitrogen and oxygen atoms in total. The molecule has 3 N–H and O–H groups in total. The summed E-state index contributed by atoms with van der Waals surface area (Å²) >= 11 is 0. The number of rotatable bonds is 8. The highest BCUT2D eigenvalue weighted by molar-refractivity contribution is 5.27. The van der Waals surface area contributed by atoms with Crippen LogP contribution in [0.4, 0.5) is 0 Å². The van der Waals surface area contributed by atoms with Crippen molar-refractivity contribution in [3.05, 3.63) is 53.6 Å². The monoisotopic (exact) mass is 406 g/mol. The van der Waals surface area contributed by atoms with Gasteiger partial charge in [0.05, 0.1) is 0 Å². The molecule has 5 rings (SSSR count). The molecular formula is C26H38N4. The van der Waals surface area contributed by atoms with E-state index in [1.807, 2.05) is 0 Å². The molecule has 30 heavy (non-hydrogen) atoms. The van der Waals surface area contributed by atoms with Crippen LogP contribution in [0.2, 0.25) is 0 Å². The van der Waals surface area contributed by atoms with Crippen LogP contribution in [0.5, 0.6) is 0 Å². The molecule has 0 aliphatic heterocycles. The van der Waals surface area contributed by atoms with E-state index in [9.17, 15) is 0 Å². The highest BCUT2D eigenvalue weighted by Gasteiger charge is 2.73. The summed E-state index contributed by atoms with van der Waals surface area (Å²) in [5, 5.41) is 3.99. The van der Waals surface area contributed by atoms with Crippen molar-refractivity contribution in [3.63, 3.8) is 0 Å². The largest absolute Gasteiger partial charge is 0.330 e. The van der Waals surface area contributed by atoms with Gasteiger partial charge >= 0.3 is 0 Å². The third kappa shape index (κ3) is 3.15. The Morgan fingerprint density at radius 3 is 2.70 bits per heavy atom. The van der Waals surface area contributed by atoms with Gasteiger partial charge in [-0.05, 0) is 86.8 Å². The molecule has 6 atom stereocenters. The average molecular weight is 407 g/mol. The van der Waals surface area contributed by atoms with Crippen molar-refractivity contribution in [3.8, 4) is 0 Å². The summed E-state index contributed by atoms with van der Waals surface area (Å²) in [6, 6.07) is 12.1. The highest BCUT2D eigenvalue weighted by Crippen LogP contribution is 2.75. The molecule has 3 aliphatic carbocycles. The summed E-state index contributed by atoms with van der Waals surface area (Å²) in [6.07, 6.45) is 8.77. The van der Waals surface area contributed by atoms with E-state index in [0.29, 0.717) is 23.3 Å². The van der Waals surface area contributed by atoms with Gasteiger partial charge in [0.25, 0.3) is 0 Å². The first-order chi connectivity index (χ1) is 14.6. The summed E-state index contributed by atoms with van der Waals surface area (Å²) in [4.78, 5) is 4.67. The van der Waals surface area contributed by atoms with Crippen LogP contribution in [-0.4, -0.2) is 28.7 Å². The fraction of sp³-hybridized carbons (Fsp3) is 0.654. The van der Waals surface area contributed by atoms with Crippen molar-refractivity contribution in [2.45, 2.75) is 76.8 Å². The fourth-order valence-electron chi connectivity index (χ4n) is 7.01. The lowest BCUT2D eigenvalue weighted by Gasteiger charge is -2.45. The minimum Gasteiger partial charge on any atom is -0.330 e. The second-order valence-corrected chi connectivity index (χ2v) is 10.4. The van der Waals surface area contributed by atoms with Gasteiger partial charge in [0.15, 0.2) is 0 Å². The van der Waals surface area contributed by atoms with E-state index < -0.39 is 0 Å². The lowest BCUT2D eigenvalue weighted by molar-refractivity contribution is 0.0558. The van der Waals surface area contributed by atoms with Crippen LogP contribution in [0.3, 0.4) is 0 Å². The van der Waals surface area contributed by atoms with Crippen LogP contribution in [-0.2, 0) is 0 Å². The van der Waals surface area contributed by atoms with Crippen molar-refractivity contribution >= 4 is 0 Å². The number of benzene rings is 1. The molecule has 0 amide bonds. The first kappa shape index (κ1) is 20.3. The Labute approximate surface area is 181 Å². The lowest BCUT2D eigenvalue weighted by atomic mass is 9.62. The molecule has 6 unspecified atom stereocenters. The van der Waals surface area contributed by atoms with Gasteiger partial charge < -0.3 is 15.6 Å². The first-order valence-electron chi connectivity index (χ1n) is 12.1. The zero-order valence-electron chi connectivity index (χ0n) is 18.8. The van der Waals surface area contributed by atoms with E-state index in [1.54, 1.807) is 0 Å². The highest BCUT2D eigenvalue weighted by atomic mass is 15.1. The van der Waals surface area contributed by atoms with Gasteiger partial charge in [-0.2, -0.15) is 0 Å². The second kappa shape index (κ2) is 7.80. The third-order valence-electron chi connectivity index (χ3n) is 8.71. The molecule has 0 bridgehead atoms. The van der Waals surface area contributed by atoms with Crippen molar-refractivity contribution in [2.24, 2.45) is 23.0 Å². The van der Waals surface area contributed by atoms with E-state index in [4.69, 9.17) is 5.73 Å². The van der Waals surface area contributed by atoms with Crippen LogP contribution in [0.25, 0.3) is 0 Å². The summed E-state index contributed by atoms with van der Waals surface area (Å²) in [5.74, 6) is 3.96. The maximum absolute atomic E-state index is 6.10. The molecule has 1 aromatic heterocycles. The summed E-state index contributed by atoms with van der Waals surface area (Å²) in [6.45, 7) is 8.59. The normalized spacial score (nSPS) is 33.0. The Kier molecular flexibility index (Phi) is 5.27. The van der Waals surface area contributed by atoms with Gasteiger partial charge in [-0.1, -0.05) is 44.2 Å². The minimum absolute atomic E-state index is 0.462. The predicted octanol–water partition coefficient (Wildman–Crippen LogP) is 4.77. The number of aryl methyl sites for hydroxylation is 1. The Hall–Kier alpha value is -1.65. The molecule has 1 aromatic carbocycles. The number of nitrogens with zero attached hydrogens (tertiary/aromatic N) is 2. The van der Waals surface area contributed by atoms with E-state index in [-0.39, 0.29) is 0 Å². The summed E-state index contributed by atoms with van der Waals surface area (Å²) in [5.41, 5.74) is 9.52. The molecule has 3 aliphatic rings. The van der Waals surface area contributed by atoms with Crippen molar-refractivity contribution < 1.29 is 0 Å². The van der Waals surface area contributed by atoms with Gasteiger partial charge in [0, 0.05) is 24.0 Å². The predicted molar refractivity (Wildman–Crippen MR) is 123 cm³/mol. The second-order valence-electron chi connectivity index (χ2n) is 10.4. The molecular weight excluding hydrogens is 368 g/mol. The number of nitrogens with two attached hydrogens (primary N) is 1.